The molecule has 7 nitrogen and oxygen atoms in total. The average molecular weight is 310 g/mol. The monoisotopic (exact) mass is 310 g/mol. The maximum Gasteiger partial charge on any atom is 0.226 e. The zero-order chi connectivity index (χ0) is 14.9. The van der Waals surface area contributed by atoms with Gasteiger partial charge in [-0.15, -0.1) is 5.10 Å². The molecule has 3 rings (SSSR count). The van der Waals surface area contributed by atoms with Crippen molar-refractivity contribution in [2.45, 2.75) is 31.3 Å². The first kappa shape index (κ1) is 14.8. The van der Waals surface area contributed by atoms with Crippen LogP contribution >= 0.6 is 11.8 Å². The fraction of sp³-hybridized carbons (Fsp3) is 0.846. The number of carbonyl (C=O) groups excluding carboxylic acids is 1. The largest absolute Gasteiger partial charge is 0.355 e. The molecule has 0 bridgehead atoms. The fourth-order valence-corrected chi connectivity index (χ4v) is 4.14. The number of tetrazole rings is 1. The van der Waals surface area contributed by atoms with Crippen molar-refractivity contribution >= 4 is 17.7 Å². The number of aryl methyl sites for hydroxylation is 1. The Labute approximate surface area is 128 Å². The standard InChI is InChI=1S/C13H22N6OS/c1-12(9-13(12)3-5-14-6-4-13)10(20)15-7-8-21-11-16-17-18-19(11)2/h14H,3-9H2,1-2H3,(H,15,20). The van der Waals surface area contributed by atoms with Gasteiger partial charge in [-0.25, -0.2) is 4.68 Å². The highest BCUT2D eigenvalue weighted by Gasteiger charge is 2.67. The highest BCUT2D eigenvalue weighted by Crippen LogP contribution is 2.68. The van der Waals surface area contributed by atoms with Crippen LogP contribution in [0.1, 0.15) is 26.2 Å². The van der Waals surface area contributed by atoms with E-state index >= 15 is 0 Å². The number of hydrogen-bond donors (Lipinski definition) is 2. The minimum absolute atomic E-state index is 0.161. The Morgan fingerprint density at radius 3 is 2.90 bits per heavy atom. The summed E-state index contributed by atoms with van der Waals surface area (Å²) in [4.78, 5) is 12.4. The lowest BCUT2D eigenvalue weighted by molar-refractivity contribution is -0.127. The van der Waals surface area contributed by atoms with Crippen LogP contribution in [0.15, 0.2) is 5.16 Å². The van der Waals surface area contributed by atoms with E-state index in [1.807, 2.05) is 7.05 Å². The molecule has 116 valence electrons. The van der Waals surface area contributed by atoms with Gasteiger partial charge in [-0.1, -0.05) is 18.7 Å². The van der Waals surface area contributed by atoms with Crippen LogP contribution in [0, 0.1) is 10.8 Å². The van der Waals surface area contributed by atoms with Crippen LogP contribution in [-0.2, 0) is 11.8 Å². The van der Waals surface area contributed by atoms with Crippen LogP contribution < -0.4 is 10.6 Å². The van der Waals surface area contributed by atoms with Crippen molar-refractivity contribution in [2.75, 3.05) is 25.4 Å². The summed E-state index contributed by atoms with van der Waals surface area (Å²) >= 11 is 1.56. The van der Waals surface area contributed by atoms with Crippen molar-refractivity contribution in [2.24, 2.45) is 17.9 Å². The molecule has 2 heterocycles. The third-order valence-corrected chi connectivity index (χ3v) is 6.01. The smallest absolute Gasteiger partial charge is 0.226 e. The number of aromatic nitrogens is 4. The Kier molecular flexibility index (Phi) is 3.92. The second-order valence-corrected chi connectivity index (χ2v) is 7.29. The fourth-order valence-electron chi connectivity index (χ4n) is 3.43. The predicted molar refractivity (Wildman–Crippen MR) is 79.8 cm³/mol. The van der Waals surface area contributed by atoms with E-state index in [0.29, 0.717) is 6.54 Å². The normalized spacial score (nSPS) is 26.8. The second kappa shape index (κ2) is 5.57. The van der Waals surface area contributed by atoms with Crippen molar-refractivity contribution in [3.8, 4) is 0 Å². The molecular weight excluding hydrogens is 288 g/mol. The van der Waals surface area contributed by atoms with Crippen molar-refractivity contribution in [1.82, 2.24) is 30.8 Å². The highest BCUT2D eigenvalue weighted by atomic mass is 32.2. The summed E-state index contributed by atoms with van der Waals surface area (Å²) in [5.74, 6) is 0.992. The van der Waals surface area contributed by atoms with Crippen molar-refractivity contribution in [1.29, 1.82) is 0 Å². The minimum Gasteiger partial charge on any atom is -0.355 e. The number of nitrogens with one attached hydrogen (secondary N) is 2. The van der Waals surface area contributed by atoms with Gasteiger partial charge >= 0.3 is 0 Å². The molecule has 1 aromatic rings. The molecule has 2 aliphatic rings. The zero-order valence-corrected chi connectivity index (χ0v) is 13.4. The number of nitrogens with zero attached hydrogens (tertiary/aromatic N) is 4. The highest BCUT2D eigenvalue weighted by molar-refractivity contribution is 7.99. The number of rotatable bonds is 5. The molecule has 2 N–H and O–H groups in total. The molecule has 2 fully saturated rings. The second-order valence-electron chi connectivity index (χ2n) is 6.23. The van der Waals surface area contributed by atoms with Crippen LogP contribution in [0.2, 0.25) is 0 Å². The van der Waals surface area contributed by atoms with Gasteiger partial charge < -0.3 is 10.6 Å². The maximum atomic E-state index is 12.4. The van der Waals surface area contributed by atoms with Crippen LogP contribution in [0.4, 0.5) is 0 Å². The number of hydrogen-bond acceptors (Lipinski definition) is 6. The number of piperidine rings is 1. The van der Waals surface area contributed by atoms with Crippen LogP contribution in [0.5, 0.6) is 0 Å². The van der Waals surface area contributed by atoms with E-state index in [1.165, 1.54) is 0 Å². The summed E-state index contributed by atoms with van der Waals surface area (Å²) in [6.07, 6.45) is 3.28. The SMILES string of the molecule is Cn1nnnc1SCCNC(=O)C1(C)CC12CCNCC2. The Bertz CT molecular complexity index is 526. The van der Waals surface area contributed by atoms with E-state index in [4.69, 9.17) is 0 Å². The summed E-state index contributed by atoms with van der Waals surface area (Å²) in [6, 6.07) is 0. The molecule has 1 saturated carbocycles. The molecule has 0 aromatic carbocycles. The minimum atomic E-state index is -0.161. The lowest BCUT2D eigenvalue weighted by atomic mass is 9.85. The van der Waals surface area contributed by atoms with Crippen LogP contribution in [0.3, 0.4) is 0 Å². The van der Waals surface area contributed by atoms with Gasteiger partial charge in [0.1, 0.15) is 0 Å². The summed E-state index contributed by atoms with van der Waals surface area (Å²) in [5.41, 5.74) is 0.0924. The van der Waals surface area contributed by atoms with Crippen LogP contribution in [0.25, 0.3) is 0 Å². The Hall–Kier alpha value is -1.15. The molecular formula is C13H22N6OS. The molecule has 1 aliphatic heterocycles. The molecule has 1 aromatic heterocycles. The number of amides is 1. The summed E-state index contributed by atoms with van der Waals surface area (Å²) < 4.78 is 1.64. The van der Waals surface area contributed by atoms with Crippen molar-refractivity contribution in [3.05, 3.63) is 0 Å². The maximum absolute atomic E-state index is 12.4. The topological polar surface area (TPSA) is 84.7 Å². The first-order valence-corrected chi connectivity index (χ1v) is 8.40. The van der Waals surface area contributed by atoms with Crippen molar-refractivity contribution in [3.63, 3.8) is 0 Å². The Balaban J connectivity index is 1.44. The van der Waals surface area contributed by atoms with E-state index < -0.39 is 0 Å². The molecule has 1 atom stereocenters. The van der Waals surface area contributed by atoms with E-state index in [0.717, 1.165) is 43.3 Å². The molecule has 1 unspecified atom stereocenters. The Morgan fingerprint density at radius 1 is 1.48 bits per heavy atom. The lowest BCUT2D eigenvalue weighted by Gasteiger charge is -2.27. The third kappa shape index (κ3) is 2.66. The summed E-state index contributed by atoms with van der Waals surface area (Å²) in [7, 11) is 1.81. The zero-order valence-electron chi connectivity index (χ0n) is 12.6. The van der Waals surface area contributed by atoms with E-state index in [1.54, 1.807) is 16.4 Å². The molecule has 0 radical (unpaired) electrons. The van der Waals surface area contributed by atoms with Gasteiger partial charge in [0.15, 0.2) is 0 Å². The number of carbonyl (C=O) groups is 1. The van der Waals surface area contributed by atoms with E-state index in [2.05, 4.69) is 33.1 Å². The van der Waals surface area contributed by atoms with Gasteiger partial charge in [0.25, 0.3) is 0 Å². The molecule has 8 heteroatoms. The van der Waals surface area contributed by atoms with Crippen LogP contribution in [-0.4, -0.2) is 51.5 Å². The van der Waals surface area contributed by atoms with Gasteiger partial charge in [0, 0.05) is 19.3 Å². The average Bonchev–Trinajstić information content (AvgIpc) is 2.84. The van der Waals surface area contributed by atoms with E-state index in [-0.39, 0.29) is 16.7 Å². The lowest BCUT2D eigenvalue weighted by Crippen LogP contribution is -2.39. The van der Waals surface area contributed by atoms with Gasteiger partial charge in [0.05, 0.1) is 5.41 Å². The van der Waals surface area contributed by atoms with Crippen molar-refractivity contribution < 1.29 is 4.79 Å². The molecule has 1 aliphatic carbocycles. The van der Waals surface area contributed by atoms with Gasteiger partial charge in [0.2, 0.25) is 11.1 Å². The van der Waals surface area contributed by atoms with Gasteiger partial charge in [-0.05, 0) is 48.2 Å². The molecule has 21 heavy (non-hydrogen) atoms. The summed E-state index contributed by atoms with van der Waals surface area (Å²) in [5, 5.41) is 18.5. The third-order valence-electron chi connectivity index (χ3n) is 5.00. The van der Waals surface area contributed by atoms with Gasteiger partial charge in [-0.2, -0.15) is 0 Å². The van der Waals surface area contributed by atoms with E-state index in [9.17, 15) is 4.79 Å². The number of thioether (sulfide) groups is 1. The molecule has 1 spiro atoms. The predicted octanol–water partition coefficient (Wildman–Crippen LogP) is 0.198. The molecule has 1 saturated heterocycles. The first-order valence-electron chi connectivity index (χ1n) is 7.42. The quantitative estimate of drug-likeness (QED) is 0.597. The molecule has 1 amide bonds. The Morgan fingerprint density at radius 2 is 2.24 bits per heavy atom. The van der Waals surface area contributed by atoms with Gasteiger partial charge in [-0.3, -0.25) is 4.79 Å². The summed E-state index contributed by atoms with van der Waals surface area (Å²) in [6.45, 7) is 4.85. The first-order chi connectivity index (χ1) is 10.1.